The number of cyclic esters (lactones) is 1. The lowest BCUT2D eigenvalue weighted by molar-refractivity contribution is -0.158. The van der Waals surface area contributed by atoms with Crippen molar-refractivity contribution in [2.75, 3.05) is 46.9 Å². The van der Waals surface area contributed by atoms with Crippen molar-refractivity contribution >= 4 is 59.7 Å². The normalized spacial score (nSPS) is 23.9. The Morgan fingerprint density at radius 3 is 2.42 bits per heavy atom. The van der Waals surface area contributed by atoms with E-state index in [0.717, 1.165) is 22.9 Å². The maximum absolute atomic E-state index is 12.8. The van der Waals surface area contributed by atoms with Gasteiger partial charge in [-0.1, -0.05) is 48.4 Å². The lowest BCUT2D eigenvalue weighted by Crippen LogP contribution is -2.63. The number of halogens is 1. The second-order valence-electron chi connectivity index (χ2n) is 14.5. The number of rotatable bonds is 22. The number of carbonyl (C=O) groups excluding carboxylic acids is 4. The third-order valence-corrected chi connectivity index (χ3v) is 11.2. The van der Waals surface area contributed by atoms with E-state index in [-0.39, 0.29) is 36.7 Å². The van der Waals surface area contributed by atoms with Crippen molar-refractivity contribution in [3.8, 4) is 5.75 Å². The number of thioether (sulfide) groups is 1. The molecule has 9 atom stereocenters. The number of allylic oxidation sites excluding steroid dienone is 3. The number of aliphatic carboxylic acids is 2. The average Bonchev–Trinajstić information content (AvgIpc) is 3.87. The predicted molar refractivity (Wildman–Crippen MR) is 218 cm³/mol. The molecule has 2 aliphatic rings. The van der Waals surface area contributed by atoms with Crippen LogP contribution in [0.2, 0.25) is 5.02 Å². The number of alkyl carbamates (subject to hydrolysis) is 1. The number of hydrogen-bond acceptors (Lipinski definition) is 14. The standard InChI is InChI=1S/C33H48ClN3O9.C6H9NO5S/c1-19(15-22-13-14-23(34)24(16-22)42-8)11-10-12-26(43-9)33(41)18-25(44-31(40)36-33)20(2)29-32(4,46-29)27(17-28(38)35-5)45-30(39)21(3)37(6)7;8-3-7-4(6(11)12)1-13-2-5(9)10/h10-14,16,20-21,25-27,29,41H,15,17-18H2,1-9H3,(H,35,38)(H,36,40);3-4H,1-2H2,(H,7,8)(H,9,10)(H,11,12)/b12-10+,19-11+;. The van der Waals surface area contributed by atoms with Gasteiger partial charge in [-0.25, -0.2) is 9.59 Å². The Bertz CT molecular complexity index is 1700. The van der Waals surface area contributed by atoms with Gasteiger partial charge in [0.05, 0.1) is 30.4 Å². The molecule has 0 aromatic heterocycles. The summed E-state index contributed by atoms with van der Waals surface area (Å²) in [5, 5.41) is 36.0. The van der Waals surface area contributed by atoms with Gasteiger partial charge in [0.1, 0.15) is 41.7 Å². The van der Waals surface area contributed by atoms with Crippen molar-refractivity contribution in [1.29, 1.82) is 0 Å². The number of ether oxygens (including phenoxy) is 5. The Hall–Kier alpha value is -4.40. The number of likely N-dealkylation sites (N-methyl/N-ethyl adjacent to an activating group) is 1. The van der Waals surface area contributed by atoms with Crippen molar-refractivity contribution < 1.29 is 67.8 Å². The van der Waals surface area contributed by atoms with Crippen LogP contribution in [0.15, 0.2) is 42.0 Å². The molecule has 18 nitrogen and oxygen atoms in total. The van der Waals surface area contributed by atoms with E-state index in [4.69, 9.17) is 45.5 Å². The number of benzene rings is 1. The van der Waals surface area contributed by atoms with Crippen molar-refractivity contribution in [3.05, 3.63) is 52.6 Å². The molecule has 0 radical (unpaired) electrons. The fourth-order valence-corrected chi connectivity index (χ4v) is 7.07. The molecular weight excluding hydrogens is 816 g/mol. The lowest BCUT2D eigenvalue weighted by atomic mass is 9.83. The number of carbonyl (C=O) groups is 6. The van der Waals surface area contributed by atoms with Gasteiger partial charge in [0, 0.05) is 32.2 Å². The summed E-state index contributed by atoms with van der Waals surface area (Å²) in [6.07, 6.45) is 2.24. The van der Waals surface area contributed by atoms with Crippen LogP contribution in [-0.2, 0) is 49.3 Å². The SMILES string of the molecule is CNC(=O)CC(OC(=O)C(C)N(C)C)C1(C)OC1C(C)C1CC(O)(C(/C=C/C=C(\C)Cc2ccc(Cl)c(OC)c2)OC)NC(=O)O1.O=CNC(CSCC(=O)O)C(=O)O. The number of nitrogens with zero attached hydrogens (tertiary/aromatic N) is 1. The van der Waals surface area contributed by atoms with Gasteiger partial charge in [0.2, 0.25) is 12.3 Å². The Labute approximate surface area is 353 Å². The molecule has 2 saturated heterocycles. The number of nitrogens with one attached hydrogen (secondary N) is 3. The monoisotopic (exact) mass is 872 g/mol. The molecule has 0 aliphatic carbocycles. The van der Waals surface area contributed by atoms with Gasteiger partial charge in [-0.3, -0.25) is 29.4 Å². The lowest BCUT2D eigenvalue weighted by Gasteiger charge is -2.42. The smallest absolute Gasteiger partial charge is 0.409 e. The summed E-state index contributed by atoms with van der Waals surface area (Å²) in [7, 11) is 8.02. The first kappa shape index (κ1) is 50.7. The van der Waals surface area contributed by atoms with Gasteiger partial charge in [-0.15, -0.1) is 11.8 Å². The highest BCUT2D eigenvalue weighted by Crippen LogP contribution is 2.48. The number of carboxylic acid groups (broad SMARTS) is 2. The van der Waals surface area contributed by atoms with Crippen LogP contribution in [0.4, 0.5) is 4.79 Å². The van der Waals surface area contributed by atoms with Crippen LogP contribution in [-0.4, -0.2) is 151 Å². The summed E-state index contributed by atoms with van der Waals surface area (Å²) in [5.41, 5.74) is -0.750. The first-order valence-electron chi connectivity index (χ1n) is 18.5. The number of hydrogen-bond donors (Lipinski definition) is 6. The number of esters is 1. The Kier molecular flexibility index (Phi) is 20.1. The summed E-state index contributed by atoms with van der Waals surface area (Å²) in [5.74, 6) is -2.96. The summed E-state index contributed by atoms with van der Waals surface area (Å²) < 4.78 is 28.4. The Balaban J connectivity index is 0.000000791. The van der Waals surface area contributed by atoms with E-state index >= 15 is 0 Å². The zero-order chi connectivity index (χ0) is 44.7. The number of amides is 3. The van der Waals surface area contributed by atoms with E-state index in [1.165, 1.54) is 14.2 Å². The first-order valence-corrected chi connectivity index (χ1v) is 20.1. The molecule has 9 unspecified atom stereocenters. The molecule has 20 heteroatoms. The molecule has 2 heterocycles. The molecule has 6 N–H and O–H groups in total. The fraction of sp³-hybridized carbons (Fsp3) is 0.590. The van der Waals surface area contributed by atoms with Gasteiger partial charge < -0.3 is 49.6 Å². The van der Waals surface area contributed by atoms with Crippen molar-refractivity contribution in [3.63, 3.8) is 0 Å². The van der Waals surface area contributed by atoms with E-state index in [9.17, 15) is 33.9 Å². The van der Waals surface area contributed by atoms with E-state index in [1.54, 1.807) is 58.2 Å². The van der Waals surface area contributed by atoms with Crippen molar-refractivity contribution in [2.24, 2.45) is 5.92 Å². The highest BCUT2D eigenvalue weighted by molar-refractivity contribution is 8.00. The minimum absolute atomic E-state index is 0.0104. The highest BCUT2D eigenvalue weighted by atomic mass is 35.5. The molecule has 3 amide bonds. The van der Waals surface area contributed by atoms with Crippen LogP contribution in [0.5, 0.6) is 5.75 Å². The van der Waals surface area contributed by atoms with E-state index in [2.05, 4.69) is 16.0 Å². The quantitative estimate of drug-likeness (QED) is 0.0424. The van der Waals surface area contributed by atoms with Crippen LogP contribution < -0.4 is 20.7 Å². The van der Waals surface area contributed by atoms with E-state index < -0.39 is 77.7 Å². The topological polar surface area (TPSA) is 252 Å². The third-order valence-electron chi connectivity index (χ3n) is 9.87. The Morgan fingerprint density at radius 1 is 1.19 bits per heavy atom. The highest BCUT2D eigenvalue weighted by Gasteiger charge is 2.64. The van der Waals surface area contributed by atoms with Crippen LogP contribution in [0.1, 0.15) is 46.1 Å². The largest absolute Gasteiger partial charge is 0.495 e. The molecule has 2 fully saturated rings. The molecule has 0 spiro atoms. The van der Waals surface area contributed by atoms with Gasteiger partial charge in [0.15, 0.2) is 5.72 Å². The third kappa shape index (κ3) is 15.3. The van der Waals surface area contributed by atoms with Crippen molar-refractivity contribution in [1.82, 2.24) is 20.9 Å². The van der Waals surface area contributed by atoms with Crippen molar-refractivity contribution in [2.45, 2.75) is 94.8 Å². The van der Waals surface area contributed by atoms with Gasteiger partial charge >= 0.3 is 24.0 Å². The molecule has 0 saturated carbocycles. The average molecular weight is 873 g/mol. The Morgan fingerprint density at radius 2 is 1.86 bits per heavy atom. The molecule has 2 aliphatic heterocycles. The van der Waals surface area contributed by atoms with E-state index in [1.807, 2.05) is 32.1 Å². The zero-order valence-electron chi connectivity index (χ0n) is 34.7. The maximum atomic E-state index is 12.8. The number of methoxy groups -OCH3 is 2. The summed E-state index contributed by atoms with van der Waals surface area (Å²) in [6.45, 7) is 7.27. The number of aliphatic hydroxyl groups is 1. The van der Waals surface area contributed by atoms with Gasteiger partial charge in [-0.2, -0.15) is 0 Å². The van der Waals surface area contributed by atoms with Crippen LogP contribution in [0.3, 0.4) is 0 Å². The number of carboxylic acids is 2. The maximum Gasteiger partial charge on any atom is 0.409 e. The molecule has 0 bridgehead atoms. The minimum Gasteiger partial charge on any atom is -0.495 e. The molecular formula is C39H57ClN4O14S. The summed E-state index contributed by atoms with van der Waals surface area (Å²) >= 11 is 7.07. The summed E-state index contributed by atoms with van der Waals surface area (Å²) in [6, 6.07) is 4.03. The molecule has 3 rings (SSSR count). The van der Waals surface area contributed by atoms with E-state index in [0.29, 0.717) is 17.2 Å². The second kappa shape index (κ2) is 23.4. The van der Waals surface area contributed by atoms with Crippen LogP contribution in [0.25, 0.3) is 0 Å². The molecule has 330 valence electrons. The second-order valence-corrected chi connectivity index (χ2v) is 15.9. The van der Waals surface area contributed by atoms with Crippen LogP contribution >= 0.6 is 23.4 Å². The summed E-state index contributed by atoms with van der Waals surface area (Å²) in [4.78, 5) is 69.9. The first-order chi connectivity index (χ1) is 27.7. The zero-order valence-corrected chi connectivity index (χ0v) is 36.3. The van der Waals surface area contributed by atoms with Gasteiger partial charge in [-0.05, 0) is 59.0 Å². The number of epoxide rings is 1. The van der Waals surface area contributed by atoms with Crippen LogP contribution in [0, 0.1) is 5.92 Å². The fourth-order valence-electron chi connectivity index (χ4n) is 6.11. The molecule has 1 aromatic rings. The minimum atomic E-state index is -1.79. The molecule has 1 aromatic carbocycles. The molecule has 59 heavy (non-hydrogen) atoms. The predicted octanol–water partition coefficient (Wildman–Crippen LogP) is 2.39. The van der Waals surface area contributed by atoms with Gasteiger partial charge in [0.25, 0.3) is 0 Å².